The first kappa shape index (κ1) is 32.2. The van der Waals surface area contributed by atoms with Crippen molar-refractivity contribution in [2.45, 2.75) is 36.7 Å². The number of amides is 2. The van der Waals surface area contributed by atoms with Gasteiger partial charge in [0, 0.05) is 17.6 Å². The molecule has 1 aliphatic rings. The van der Waals surface area contributed by atoms with Crippen LogP contribution >= 0.6 is 50.7 Å². The molecule has 2 N–H and O–H groups in total. The quantitative estimate of drug-likeness (QED) is 0.190. The number of halogens is 10. The molecule has 1 saturated carbocycles. The highest BCUT2D eigenvalue weighted by atomic mass is 79.9. The van der Waals surface area contributed by atoms with Gasteiger partial charge in [0.15, 0.2) is 5.69 Å². The average molecular weight is 719 g/mol. The van der Waals surface area contributed by atoms with Crippen LogP contribution in [-0.4, -0.2) is 33.3 Å². The number of aromatic nitrogens is 2. The second kappa shape index (κ2) is 11.7. The maximum Gasteiger partial charge on any atom is 0.435 e. The average Bonchev–Trinajstić information content (AvgIpc) is 3.55. The predicted octanol–water partition coefficient (Wildman–Crippen LogP) is 8.42. The van der Waals surface area contributed by atoms with Crippen LogP contribution in [0.3, 0.4) is 0 Å². The van der Waals surface area contributed by atoms with Crippen molar-refractivity contribution in [3.8, 4) is 0 Å². The lowest BCUT2D eigenvalue weighted by Gasteiger charge is -2.19. The zero-order valence-corrected chi connectivity index (χ0v) is 25.0. The molecule has 0 aliphatic heterocycles. The molecular formula is C26H18BrCl3F6N4O2. The highest BCUT2D eigenvalue weighted by Crippen LogP contribution is 2.41. The van der Waals surface area contributed by atoms with Crippen molar-refractivity contribution in [3.05, 3.63) is 84.4 Å². The van der Waals surface area contributed by atoms with Gasteiger partial charge in [0.25, 0.3) is 11.8 Å². The summed E-state index contributed by atoms with van der Waals surface area (Å²) in [5.41, 5.74) is -2.36. The monoisotopic (exact) mass is 716 g/mol. The molecule has 0 spiro atoms. The Morgan fingerprint density at radius 3 is 2.17 bits per heavy atom. The number of carbonyl (C=O) groups excluding carboxylic acids is 2. The number of benzene rings is 2. The zero-order chi connectivity index (χ0) is 31.2. The smallest absolute Gasteiger partial charge is 0.338 e. The fourth-order valence-corrected chi connectivity index (χ4v) is 5.16. The van der Waals surface area contributed by atoms with Gasteiger partial charge in [-0.1, -0.05) is 53.0 Å². The van der Waals surface area contributed by atoms with E-state index in [1.165, 1.54) is 31.3 Å². The van der Waals surface area contributed by atoms with E-state index in [1.54, 1.807) is 0 Å². The van der Waals surface area contributed by atoms with Crippen LogP contribution < -0.4 is 10.6 Å². The van der Waals surface area contributed by atoms with Crippen LogP contribution in [0.2, 0.25) is 15.1 Å². The van der Waals surface area contributed by atoms with Crippen molar-refractivity contribution in [2.75, 3.05) is 5.32 Å². The topological polar surface area (TPSA) is 76.0 Å². The maximum atomic E-state index is 13.8. The van der Waals surface area contributed by atoms with E-state index in [0.717, 1.165) is 22.9 Å². The molecule has 1 aromatic heterocycles. The van der Waals surface area contributed by atoms with Gasteiger partial charge in [-0.15, -0.1) is 0 Å². The number of aryl methyl sites for hydroxylation is 1. The number of carbonyl (C=O) groups is 2. The van der Waals surface area contributed by atoms with Gasteiger partial charge in [0.1, 0.15) is 11.4 Å². The summed E-state index contributed by atoms with van der Waals surface area (Å²) in [6.07, 6.45) is -6.79. The Balaban J connectivity index is 1.48. The Labute approximate surface area is 258 Å². The Hall–Kier alpha value is -2.74. The van der Waals surface area contributed by atoms with E-state index in [0.29, 0.717) is 11.6 Å². The molecule has 0 radical (unpaired) electrons. The third-order valence-electron chi connectivity index (χ3n) is 6.39. The number of hydrogen-bond donors (Lipinski definition) is 2. The molecule has 0 bridgehead atoms. The largest absolute Gasteiger partial charge is 0.435 e. The maximum absolute atomic E-state index is 13.8. The highest BCUT2D eigenvalue weighted by Gasteiger charge is 2.52. The van der Waals surface area contributed by atoms with E-state index in [-0.39, 0.29) is 49.3 Å². The summed E-state index contributed by atoms with van der Waals surface area (Å²) in [5, 5.41) is 7.95. The first-order chi connectivity index (χ1) is 19.4. The fraction of sp³-hybridized carbons (Fsp3) is 0.269. The number of nitrogens with one attached hydrogen (secondary N) is 2. The number of allylic oxidation sites excluding steroid dienone is 1. The molecule has 1 atom stereocenters. The van der Waals surface area contributed by atoms with Crippen molar-refractivity contribution in [1.82, 2.24) is 15.1 Å². The lowest BCUT2D eigenvalue weighted by molar-refractivity contribution is -0.141. The second-order valence-electron chi connectivity index (χ2n) is 9.44. The van der Waals surface area contributed by atoms with E-state index >= 15 is 0 Å². The van der Waals surface area contributed by atoms with Crippen molar-refractivity contribution >= 4 is 74.4 Å². The third kappa shape index (κ3) is 7.07. The molecule has 16 heteroatoms. The van der Waals surface area contributed by atoms with Crippen LogP contribution in [0.15, 0.2) is 46.9 Å². The standard InChI is InChI=1S/C26H18BrCl3F6N4O2/c1-40-20(11-19(39-40)26(34,35)36)37-23(42)24(6-7-24)38-22(41)14-4-2-12(8-16(14)27)3-5-15(25(31,32)33)13-9-17(28)21(30)18(29)10-13/h2-5,8-11,15H,6-7H2,1H3,(H,37,42)(H,38,41)/b5-3+. The summed E-state index contributed by atoms with van der Waals surface area (Å²) in [6, 6.07) is 7.00. The van der Waals surface area contributed by atoms with E-state index in [1.807, 2.05) is 0 Å². The third-order valence-corrected chi connectivity index (χ3v) is 8.24. The molecule has 1 heterocycles. The van der Waals surface area contributed by atoms with Crippen LogP contribution in [0.4, 0.5) is 32.2 Å². The molecule has 6 nitrogen and oxygen atoms in total. The Morgan fingerprint density at radius 2 is 1.67 bits per heavy atom. The van der Waals surface area contributed by atoms with Crippen LogP contribution in [0.25, 0.3) is 6.08 Å². The number of rotatable bonds is 7. The lowest BCUT2D eigenvalue weighted by Crippen LogP contribution is -2.46. The summed E-state index contributed by atoms with van der Waals surface area (Å²) < 4.78 is 81.4. The molecule has 1 fully saturated rings. The van der Waals surface area contributed by atoms with E-state index in [2.05, 4.69) is 31.7 Å². The fourth-order valence-electron chi connectivity index (χ4n) is 3.97. The summed E-state index contributed by atoms with van der Waals surface area (Å²) in [5.74, 6) is -3.66. The Kier molecular flexibility index (Phi) is 9.00. The van der Waals surface area contributed by atoms with E-state index in [9.17, 15) is 35.9 Å². The molecule has 0 saturated heterocycles. The minimum atomic E-state index is -4.70. The summed E-state index contributed by atoms with van der Waals surface area (Å²) in [6.45, 7) is 0. The molecule has 4 rings (SSSR count). The Bertz CT molecular complexity index is 1560. The molecule has 42 heavy (non-hydrogen) atoms. The number of nitrogens with zero attached hydrogens (tertiary/aromatic N) is 2. The highest BCUT2D eigenvalue weighted by molar-refractivity contribution is 9.10. The summed E-state index contributed by atoms with van der Waals surface area (Å²) in [7, 11) is 1.23. The van der Waals surface area contributed by atoms with Crippen molar-refractivity contribution < 1.29 is 35.9 Å². The lowest BCUT2D eigenvalue weighted by atomic mass is 9.97. The molecule has 224 valence electrons. The minimum Gasteiger partial charge on any atom is -0.338 e. The molecule has 1 unspecified atom stereocenters. The Morgan fingerprint density at radius 1 is 1.05 bits per heavy atom. The van der Waals surface area contributed by atoms with E-state index in [4.69, 9.17) is 34.8 Å². The van der Waals surface area contributed by atoms with Crippen LogP contribution in [0, 0.1) is 0 Å². The molecule has 1 aliphatic carbocycles. The SMILES string of the molecule is Cn1nc(C(F)(F)F)cc1NC(=O)C1(NC(=O)c2ccc(/C=C/C(c3cc(Cl)c(Cl)c(Cl)c3)C(F)(F)F)cc2Br)CC1. The van der Waals surface area contributed by atoms with Gasteiger partial charge >= 0.3 is 12.4 Å². The summed E-state index contributed by atoms with van der Waals surface area (Å²) >= 11 is 20.9. The van der Waals surface area contributed by atoms with Gasteiger partial charge in [0.05, 0.1) is 26.5 Å². The van der Waals surface area contributed by atoms with Gasteiger partial charge in [-0.3, -0.25) is 14.3 Å². The van der Waals surface area contributed by atoms with Gasteiger partial charge in [-0.05, 0) is 64.2 Å². The first-order valence-electron chi connectivity index (χ1n) is 11.9. The van der Waals surface area contributed by atoms with Gasteiger partial charge < -0.3 is 10.6 Å². The van der Waals surface area contributed by atoms with E-state index < -0.39 is 41.3 Å². The predicted molar refractivity (Wildman–Crippen MR) is 150 cm³/mol. The van der Waals surface area contributed by atoms with Gasteiger partial charge in [0.2, 0.25) is 0 Å². The molecule has 3 aromatic rings. The van der Waals surface area contributed by atoms with Crippen LogP contribution in [0.5, 0.6) is 0 Å². The van der Waals surface area contributed by atoms with Crippen LogP contribution in [0.1, 0.15) is 45.9 Å². The van der Waals surface area contributed by atoms with Crippen molar-refractivity contribution in [1.29, 1.82) is 0 Å². The second-order valence-corrected chi connectivity index (χ2v) is 11.5. The summed E-state index contributed by atoms with van der Waals surface area (Å²) in [4.78, 5) is 25.8. The van der Waals surface area contributed by atoms with Crippen molar-refractivity contribution in [3.63, 3.8) is 0 Å². The number of hydrogen-bond acceptors (Lipinski definition) is 3. The number of anilines is 1. The van der Waals surface area contributed by atoms with Crippen LogP contribution in [-0.2, 0) is 18.0 Å². The number of alkyl halides is 6. The van der Waals surface area contributed by atoms with Gasteiger partial charge in [-0.25, -0.2) is 0 Å². The first-order valence-corrected chi connectivity index (χ1v) is 13.8. The zero-order valence-electron chi connectivity index (χ0n) is 21.1. The molecular weight excluding hydrogens is 701 g/mol. The minimum absolute atomic E-state index is 0.0668. The molecule has 2 amide bonds. The molecule has 2 aromatic carbocycles. The normalized spacial score (nSPS) is 15.5. The van der Waals surface area contributed by atoms with Crippen molar-refractivity contribution in [2.24, 2.45) is 7.05 Å². The van der Waals surface area contributed by atoms with Gasteiger partial charge in [-0.2, -0.15) is 31.4 Å².